The number of halogens is 1. The van der Waals surface area contributed by atoms with E-state index in [2.05, 4.69) is 4.98 Å². The molecule has 0 saturated heterocycles. The Labute approximate surface area is 141 Å². The minimum Gasteiger partial charge on any atom is -0.443 e. The number of amides is 2. The number of carbonyl (C=O) groups is 2. The first kappa shape index (κ1) is 19.2. The molecule has 0 N–H and O–H groups in total. The van der Waals surface area contributed by atoms with E-state index in [0.29, 0.717) is 10.6 Å². The highest BCUT2D eigenvalue weighted by molar-refractivity contribution is 6.34. The topological polar surface area (TPSA) is 68.7 Å². The number of hydrogen-bond donors (Lipinski definition) is 0. The second-order valence-electron chi connectivity index (χ2n) is 7.05. The highest BCUT2D eigenvalue weighted by Crippen LogP contribution is 2.27. The molecule has 23 heavy (non-hydrogen) atoms. The molecule has 1 rings (SSSR count). The molecule has 0 aliphatic heterocycles. The van der Waals surface area contributed by atoms with Crippen molar-refractivity contribution in [1.82, 2.24) is 4.98 Å². The van der Waals surface area contributed by atoms with Crippen LogP contribution in [0.2, 0.25) is 5.02 Å². The molecule has 0 aromatic carbocycles. The van der Waals surface area contributed by atoms with Crippen molar-refractivity contribution >= 4 is 29.6 Å². The first-order chi connectivity index (χ1) is 10.3. The first-order valence-corrected chi connectivity index (χ1v) is 7.57. The minimum absolute atomic E-state index is 0.0184. The average Bonchev–Trinajstić information content (AvgIpc) is 2.29. The van der Waals surface area contributed by atoms with Gasteiger partial charge in [-0.1, -0.05) is 11.6 Å². The molecule has 1 heterocycles. The second-order valence-corrected chi connectivity index (χ2v) is 7.46. The fourth-order valence-electron chi connectivity index (χ4n) is 1.55. The summed E-state index contributed by atoms with van der Waals surface area (Å²) >= 11 is 6.10. The van der Waals surface area contributed by atoms with E-state index in [-0.39, 0.29) is 10.8 Å². The lowest BCUT2D eigenvalue weighted by Crippen LogP contribution is -2.44. The number of aromatic nitrogens is 1. The molecule has 0 spiro atoms. The number of nitrogens with zero attached hydrogens (tertiary/aromatic N) is 2. The van der Waals surface area contributed by atoms with Gasteiger partial charge in [-0.25, -0.2) is 14.6 Å². The molecule has 6 nitrogen and oxygen atoms in total. The Hall–Kier alpha value is -1.82. The third-order valence-corrected chi connectivity index (χ3v) is 2.63. The summed E-state index contributed by atoms with van der Waals surface area (Å²) in [4.78, 5) is 29.8. The quantitative estimate of drug-likeness (QED) is 0.738. The largest absolute Gasteiger partial charge is 0.443 e. The van der Waals surface area contributed by atoms with Crippen LogP contribution in [0.5, 0.6) is 0 Å². The van der Waals surface area contributed by atoms with Gasteiger partial charge >= 0.3 is 12.2 Å². The molecule has 2 amide bonds. The average molecular weight is 343 g/mol. The maximum Gasteiger partial charge on any atom is 0.425 e. The van der Waals surface area contributed by atoms with E-state index < -0.39 is 23.4 Å². The van der Waals surface area contributed by atoms with Crippen LogP contribution in [0.25, 0.3) is 0 Å². The van der Waals surface area contributed by atoms with E-state index in [1.807, 2.05) is 0 Å². The van der Waals surface area contributed by atoms with Crippen LogP contribution in [-0.4, -0.2) is 28.4 Å². The highest BCUT2D eigenvalue weighted by Gasteiger charge is 2.34. The van der Waals surface area contributed by atoms with Gasteiger partial charge < -0.3 is 9.47 Å². The Kier molecular flexibility index (Phi) is 5.64. The summed E-state index contributed by atoms with van der Waals surface area (Å²) in [7, 11) is 0. The van der Waals surface area contributed by atoms with Crippen molar-refractivity contribution in [3.05, 3.63) is 22.8 Å². The molecule has 0 unspecified atom stereocenters. The number of imide groups is 1. The van der Waals surface area contributed by atoms with Crippen molar-refractivity contribution in [2.45, 2.75) is 59.7 Å². The number of anilines is 1. The van der Waals surface area contributed by atoms with Gasteiger partial charge in [-0.2, -0.15) is 4.90 Å². The van der Waals surface area contributed by atoms with Crippen molar-refractivity contribution in [2.24, 2.45) is 0 Å². The monoisotopic (exact) mass is 342 g/mol. The van der Waals surface area contributed by atoms with E-state index in [4.69, 9.17) is 21.1 Å². The molecule has 0 saturated carbocycles. The number of rotatable bonds is 1. The predicted octanol–water partition coefficient (Wildman–Crippen LogP) is 4.72. The van der Waals surface area contributed by atoms with E-state index >= 15 is 0 Å². The van der Waals surface area contributed by atoms with Crippen molar-refractivity contribution in [1.29, 1.82) is 0 Å². The molecule has 0 bridgehead atoms. The molecule has 7 heteroatoms. The minimum atomic E-state index is -0.897. The Morgan fingerprint density at radius 2 is 1.43 bits per heavy atom. The zero-order valence-electron chi connectivity index (χ0n) is 14.6. The summed E-state index contributed by atoms with van der Waals surface area (Å²) in [6.45, 7) is 11.9. The summed E-state index contributed by atoms with van der Waals surface area (Å²) < 4.78 is 10.5. The lowest BCUT2D eigenvalue weighted by molar-refractivity contribution is 0.0429. The van der Waals surface area contributed by atoms with Gasteiger partial charge in [0.25, 0.3) is 0 Å². The van der Waals surface area contributed by atoms with Crippen LogP contribution in [0.1, 0.15) is 47.2 Å². The van der Waals surface area contributed by atoms with Crippen LogP contribution in [0.3, 0.4) is 0 Å². The van der Waals surface area contributed by atoms with Crippen molar-refractivity contribution in [3.63, 3.8) is 0 Å². The summed E-state index contributed by atoms with van der Waals surface area (Å²) in [6, 6.07) is 3.23. The third-order valence-electron chi connectivity index (χ3n) is 2.33. The van der Waals surface area contributed by atoms with Crippen LogP contribution >= 0.6 is 11.6 Å². The molecule has 0 radical (unpaired) electrons. The van der Waals surface area contributed by atoms with E-state index in [1.165, 1.54) is 0 Å². The summed E-state index contributed by atoms with van der Waals surface area (Å²) in [5.41, 5.74) is -0.970. The SMILES string of the molecule is Cc1ccc(Cl)c(N(C(=O)OC(C)(C)C)C(=O)OC(C)(C)C)n1. The molecule has 128 valence electrons. The van der Waals surface area contributed by atoms with Gasteiger partial charge in [0.2, 0.25) is 0 Å². The van der Waals surface area contributed by atoms with Crippen LogP contribution < -0.4 is 4.90 Å². The number of pyridine rings is 1. The molecule has 0 aliphatic rings. The number of hydrogen-bond acceptors (Lipinski definition) is 5. The van der Waals surface area contributed by atoms with Crippen molar-refractivity contribution < 1.29 is 19.1 Å². The fraction of sp³-hybridized carbons (Fsp3) is 0.562. The number of carbonyl (C=O) groups excluding carboxylic acids is 2. The molecule has 0 atom stereocenters. The standard InChI is InChI=1S/C16H23ClN2O4/c1-10-8-9-11(17)12(18-10)19(13(20)22-15(2,3)4)14(21)23-16(5,6)7/h8-9H,1-7H3. The van der Waals surface area contributed by atoms with E-state index in [0.717, 1.165) is 0 Å². The molecule has 1 aromatic heterocycles. The summed E-state index contributed by atoms with van der Waals surface area (Å²) in [5, 5.41) is 0.146. The molecular formula is C16H23ClN2O4. The Balaban J connectivity index is 3.28. The van der Waals surface area contributed by atoms with Gasteiger partial charge in [-0.3, -0.25) is 0 Å². The van der Waals surface area contributed by atoms with Gasteiger partial charge in [0, 0.05) is 5.69 Å². The van der Waals surface area contributed by atoms with Crippen LogP contribution in [0, 0.1) is 6.92 Å². The first-order valence-electron chi connectivity index (χ1n) is 7.19. The van der Waals surface area contributed by atoms with Gasteiger partial charge in [0.1, 0.15) is 11.2 Å². The van der Waals surface area contributed by atoms with Gasteiger partial charge in [-0.15, -0.1) is 0 Å². The maximum absolute atomic E-state index is 12.5. The van der Waals surface area contributed by atoms with Gasteiger partial charge in [-0.05, 0) is 60.6 Å². The van der Waals surface area contributed by atoms with E-state index in [9.17, 15) is 9.59 Å². The third kappa shape index (κ3) is 6.06. The second kappa shape index (κ2) is 6.74. The van der Waals surface area contributed by atoms with Crippen molar-refractivity contribution in [3.8, 4) is 0 Å². The molecule has 0 fully saturated rings. The lowest BCUT2D eigenvalue weighted by Gasteiger charge is -2.28. The summed E-state index contributed by atoms with van der Waals surface area (Å²) in [5.74, 6) is -0.0184. The summed E-state index contributed by atoms with van der Waals surface area (Å²) in [6.07, 6.45) is -1.79. The normalized spacial score (nSPS) is 11.8. The molecule has 1 aromatic rings. The number of ether oxygens (including phenoxy) is 2. The van der Waals surface area contributed by atoms with Crippen LogP contribution in [0.15, 0.2) is 12.1 Å². The van der Waals surface area contributed by atoms with Crippen molar-refractivity contribution in [2.75, 3.05) is 4.90 Å². The molecule has 0 aliphatic carbocycles. The van der Waals surface area contributed by atoms with Crippen LogP contribution in [-0.2, 0) is 9.47 Å². The fourth-order valence-corrected chi connectivity index (χ4v) is 1.74. The van der Waals surface area contributed by atoms with Crippen LogP contribution in [0.4, 0.5) is 15.4 Å². The van der Waals surface area contributed by atoms with Gasteiger partial charge in [0.05, 0.1) is 5.02 Å². The highest BCUT2D eigenvalue weighted by atomic mass is 35.5. The van der Waals surface area contributed by atoms with E-state index in [1.54, 1.807) is 60.6 Å². The smallest absolute Gasteiger partial charge is 0.425 e. The predicted molar refractivity (Wildman–Crippen MR) is 88.9 cm³/mol. The Morgan fingerprint density at radius 3 is 1.83 bits per heavy atom. The zero-order valence-corrected chi connectivity index (χ0v) is 15.3. The lowest BCUT2D eigenvalue weighted by atomic mass is 10.2. The molecular weight excluding hydrogens is 320 g/mol. The zero-order chi connectivity index (χ0) is 18.0. The van der Waals surface area contributed by atoms with Gasteiger partial charge in [0.15, 0.2) is 5.82 Å². The maximum atomic E-state index is 12.5. The Bertz CT molecular complexity index is 575. The Morgan fingerprint density at radius 1 is 1.00 bits per heavy atom. The number of aryl methyl sites for hydroxylation is 1.